The van der Waals surface area contributed by atoms with Crippen molar-refractivity contribution in [3.8, 4) is 0 Å². The molecule has 0 fully saturated rings. The molecule has 0 saturated carbocycles. The largest absolute Gasteiger partial charge is 0.203 e. The molecule has 3 aromatic carbocycles. The van der Waals surface area contributed by atoms with Crippen LogP contribution >= 0.6 is 124 Å². The van der Waals surface area contributed by atoms with E-state index >= 15 is 8.78 Å². The van der Waals surface area contributed by atoms with Gasteiger partial charge in [0.25, 0.3) is 0 Å². The van der Waals surface area contributed by atoms with Crippen molar-refractivity contribution in [1.29, 1.82) is 0 Å². The molecule has 3 rings (SSSR count). The highest BCUT2D eigenvalue weighted by atomic mass is 35.5. The predicted octanol–water partition coefficient (Wildman–Crippen LogP) is 10.7. The molecule has 0 saturated heterocycles. The normalized spacial score (nSPS) is 11.6. The summed E-state index contributed by atoms with van der Waals surface area (Å²) in [5, 5.41) is -7.01. The minimum atomic E-state index is -3.08. The average molecular weight is 697 g/mol. The smallest absolute Gasteiger partial charge is 0.200 e. The summed E-state index contributed by atoms with van der Waals surface area (Å²) in [6.07, 6.45) is 0. The first kappa shape index (κ1) is 29.2. The fraction of sp³-hybridized carbons (Fsp3) is 0. The molecule has 0 nitrogen and oxygen atoms in total. The fourth-order valence-corrected chi connectivity index (χ4v) is 8.75. The number of rotatable bonds is 3. The van der Waals surface area contributed by atoms with Gasteiger partial charge >= 0.3 is 0 Å². The molecule has 0 atom stereocenters. The van der Waals surface area contributed by atoms with Crippen molar-refractivity contribution >= 4 is 140 Å². The van der Waals surface area contributed by atoms with Crippen molar-refractivity contribution in [2.24, 2.45) is 0 Å². The number of hydrogen-bond donors (Lipinski definition) is 0. The molecule has 0 aliphatic carbocycles. The van der Waals surface area contributed by atoms with Crippen LogP contribution in [0.5, 0.6) is 0 Å². The molecule has 0 aromatic heterocycles. The monoisotopic (exact) mass is 692 g/mol. The topological polar surface area (TPSA) is 0 Å². The standard InChI is InChI=1S/C18Cl10F5P/c19-1-3(21)7(25)16(8(26)4(1)22)34(17-9(27)5(23)2(20)6(24)10(17)28)18-14(32)12(30)11(29)13(31)15(18)33. The third-order valence-electron chi connectivity index (χ3n) is 4.23. The number of benzene rings is 3. The Labute approximate surface area is 239 Å². The molecule has 0 bridgehead atoms. The second kappa shape index (κ2) is 10.8. The molecule has 0 aliphatic heterocycles. The molecule has 0 radical (unpaired) electrons. The molecule has 182 valence electrons. The van der Waals surface area contributed by atoms with Crippen molar-refractivity contribution in [3.05, 3.63) is 79.3 Å². The van der Waals surface area contributed by atoms with E-state index in [1.165, 1.54) is 0 Å². The van der Waals surface area contributed by atoms with E-state index in [-0.39, 0.29) is 10.0 Å². The van der Waals surface area contributed by atoms with Crippen LogP contribution in [0.3, 0.4) is 0 Å². The summed E-state index contributed by atoms with van der Waals surface area (Å²) in [4.78, 5) is 0. The van der Waals surface area contributed by atoms with Crippen molar-refractivity contribution in [1.82, 2.24) is 0 Å². The van der Waals surface area contributed by atoms with Gasteiger partial charge in [0.2, 0.25) is 5.82 Å². The summed E-state index contributed by atoms with van der Waals surface area (Å²) in [6.45, 7) is 0. The quantitative estimate of drug-likeness (QED) is 0.111. The van der Waals surface area contributed by atoms with Gasteiger partial charge in [0.15, 0.2) is 23.3 Å². The van der Waals surface area contributed by atoms with Crippen LogP contribution in [-0.2, 0) is 0 Å². The third kappa shape index (κ3) is 4.56. The van der Waals surface area contributed by atoms with Crippen molar-refractivity contribution < 1.29 is 22.0 Å². The lowest BCUT2D eigenvalue weighted by atomic mass is 10.3. The van der Waals surface area contributed by atoms with Crippen LogP contribution in [0.25, 0.3) is 0 Å². The van der Waals surface area contributed by atoms with Gasteiger partial charge in [0, 0.05) is 10.6 Å². The first-order valence-corrected chi connectivity index (χ1v) is 13.1. The van der Waals surface area contributed by atoms with Crippen LogP contribution in [-0.4, -0.2) is 0 Å². The van der Waals surface area contributed by atoms with Crippen LogP contribution in [0.1, 0.15) is 0 Å². The van der Waals surface area contributed by atoms with Crippen molar-refractivity contribution in [3.63, 3.8) is 0 Å². The molecule has 3 aromatic rings. The van der Waals surface area contributed by atoms with E-state index in [1.54, 1.807) is 0 Å². The first-order chi connectivity index (χ1) is 15.7. The minimum Gasteiger partial charge on any atom is -0.203 e. The number of hydrogen-bond acceptors (Lipinski definition) is 0. The average Bonchev–Trinajstić information content (AvgIpc) is 2.81. The van der Waals surface area contributed by atoms with E-state index in [0.717, 1.165) is 0 Å². The maximum atomic E-state index is 15.1. The molecule has 0 heterocycles. The second-order valence-electron chi connectivity index (χ2n) is 6.09. The maximum Gasteiger partial charge on any atom is 0.200 e. The van der Waals surface area contributed by atoms with Crippen molar-refractivity contribution in [2.45, 2.75) is 0 Å². The Kier molecular flexibility index (Phi) is 9.26. The SMILES string of the molecule is Fc1c(F)c(F)c(P(c2c(Cl)c(Cl)c(Cl)c(Cl)c2Cl)c2c(Cl)c(Cl)c(Cl)c(Cl)c2Cl)c(F)c1F. The minimum absolute atomic E-state index is 0.348. The first-order valence-electron chi connectivity index (χ1n) is 8.01. The molecule has 16 heteroatoms. The summed E-state index contributed by atoms with van der Waals surface area (Å²) in [5.74, 6) is -11.4. The lowest BCUT2D eigenvalue weighted by Gasteiger charge is -2.27. The van der Waals surface area contributed by atoms with Crippen LogP contribution < -0.4 is 15.9 Å². The number of halogens is 15. The Morgan fingerprint density at radius 3 is 0.765 bits per heavy atom. The Balaban J connectivity index is 2.68. The van der Waals surface area contributed by atoms with E-state index in [2.05, 4.69) is 0 Å². The van der Waals surface area contributed by atoms with Crippen LogP contribution in [0.15, 0.2) is 0 Å². The third-order valence-corrected chi connectivity index (χ3v) is 11.9. The zero-order valence-corrected chi connectivity index (χ0v) is 23.6. The molecule has 0 unspecified atom stereocenters. The van der Waals surface area contributed by atoms with E-state index in [4.69, 9.17) is 116 Å². The summed E-state index contributed by atoms with van der Waals surface area (Å²) in [6, 6.07) is 0. The fourth-order valence-electron chi connectivity index (χ4n) is 2.70. The highest BCUT2D eigenvalue weighted by molar-refractivity contribution is 7.80. The molecule has 0 amide bonds. The van der Waals surface area contributed by atoms with Gasteiger partial charge in [-0.15, -0.1) is 0 Å². The van der Waals surface area contributed by atoms with E-state index in [1.807, 2.05) is 0 Å². The lowest BCUT2D eigenvalue weighted by molar-refractivity contribution is 0.384. The Hall–Kier alpha value is 0.640. The van der Waals surface area contributed by atoms with Crippen LogP contribution in [0.4, 0.5) is 22.0 Å². The lowest BCUT2D eigenvalue weighted by Crippen LogP contribution is -2.31. The Morgan fingerprint density at radius 2 is 0.500 bits per heavy atom. The second-order valence-corrected chi connectivity index (χ2v) is 11.9. The van der Waals surface area contributed by atoms with Gasteiger partial charge < -0.3 is 0 Å². The molecule has 34 heavy (non-hydrogen) atoms. The molecule has 0 aliphatic rings. The summed E-state index contributed by atoms with van der Waals surface area (Å²) in [5.41, 5.74) is 0. The summed E-state index contributed by atoms with van der Waals surface area (Å²) < 4.78 is 72.3. The summed E-state index contributed by atoms with van der Waals surface area (Å²) >= 11 is 61.4. The van der Waals surface area contributed by atoms with Gasteiger partial charge in [-0.3, -0.25) is 0 Å². The van der Waals surface area contributed by atoms with E-state index in [0.29, 0.717) is 0 Å². The van der Waals surface area contributed by atoms with Gasteiger partial charge in [0.1, 0.15) is 0 Å². The molecule has 0 N–H and O–H groups in total. The van der Waals surface area contributed by atoms with Gasteiger partial charge in [-0.05, 0) is 7.92 Å². The predicted molar refractivity (Wildman–Crippen MR) is 135 cm³/mol. The van der Waals surface area contributed by atoms with Crippen LogP contribution in [0.2, 0.25) is 50.2 Å². The van der Waals surface area contributed by atoms with E-state index in [9.17, 15) is 13.2 Å². The molecular formula is C18Cl10F5P. The van der Waals surface area contributed by atoms with Gasteiger partial charge in [-0.25, -0.2) is 22.0 Å². The maximum absolute atomic E-state index is 15.1. The zero-order chi connectivity index (χ0) is 26.0. The van der Waals surface area contributed by atoms with Gasteiger partial charge in [-0.2, -0.15) is 0 Å². The Bertz CT molecular complexity index is 1130. The highest BCUT2D eigenvalue weighted by Crippen LogP contribution is 2.52. The summed E-state index contributed by atoms with van der Waals surface area (Å²) in [7, 11) is -3.08. The van der Waals surface area contributed by atoms with Crippen molar-refractivity contribution in [2.75, 3.05) is 0 Å². The Morgan fingerprint density at radius 1 is 0.294 bits per heavy atom. The van der Waals surface area contributed by atoms with Gasteiger partial charge in [0.05, 0.1) is 55.5 Å². The van der Waals surface area contributed by atoms with Crippen LogP contribution in [0, 0.1) is 29.1 Å². The van der Waals surface area contributed by atoms with Gasteiger partial charge in [-0.1, -0.05) is 116 Å². The molecular weight excluding hydrogens is 697 g/mol. The zero-order valence-electron chi connectivity index (χ0n) is 15.1. The highest BCUT2D eigenvalue weighted by Gasteiger charge is 2.39. The molecule has 0 spiro atoms. The van der Waals surface area contributed by atoms with E-state index < -0.39 is 93.1 Å².